The molecule has 0 bridgehead atoms. The van der Waals surface area contributed by atoms with Gasteiger partial charge in [0.2, 0.25) is 0 Å². The molecular formula is C21H21N3O4. The van der Waals surface area contributed by atoms with Crippen LogP contribution < -0.4 is 14.8 Å². The van der Waals surface area contributed by atoms with Gasteiger partial charge in [0.25, 0.3) is 0 Å². The highest BCUT2D eigenvalue weighted by atomic mass is 16.6. The quantitative estimate of drug-likeness (QED) is 0.353. The van der Waals surface area contributed by atoms with Crippen LogP contribution in [0.2, 0.25) is 0 Å². The first-order valence-electron chi connectivity index (χ1n) is 8.69. The molecule has 1 heterocycles. The molecule has 0 fully saturated rings. The van der Waals surface area contributed by atoms with Gasteiger partial charge in [-0.05, 0) is 31.2 Å². The Morgan fingerprint density at radius 1 is 1.18 bits per heavy atom. The summed E-state index contributed by atoms with van der Waals surface area (Å²) in [5, 5.41) is 13.6. The van der Waals surface area contributed by atoms with Gasteiger partial charge in [-0.1, -0.05) is 12.0 Å². The normalized spacial score (nSPS) is 11.6. The predicted octanol–water partition coefficient (Wildman–Crippen LogP) is 3.10. The van der Waals surface area contributed by atoms with Crippen LogP contribution in [0.5, 0.6) is 11.5 Å². The number of aromatic nitrogens is 2. The lowest BCUT2D eigenvalue weighted by atomic mass is 10.2. The smallest absolute Gasteiger partial charge is 0.194 e. The maximum Gasteiger partial charge on any atom is 0.194 e. The summed E-state index contributed by atoms with van der Waals surface area (Å²) in [4.78, 5) is 8.64. The summed E-state index contributed by atoms with van der Waals surface area (Å²) in [6.07, 6.45) is 5.93. The van der Waals surface area contributed by atoms with Gasteiger partial charge in [-0.15, -0.1) is 6.42 Å². The molecule has 28 heavy (non-hydrogen) atoms. The number of ether oxygens (including phenoxy) is 3. The lowest BCUT2D eigenvalue weighted by Crippen LogP contribution is -2.12. The third-order valence-corrected chi connectivity index (χ3v) is 3.84. The Morgan fingerprint density at radius 3 is 2.79 bits per heavy atom. The van der Waals surface area contributed by atoms with Crippen LogP contribution >= 0.6 is 0 Å². The molecular weight excluding hydrogens is 358 g/mol. The Bertz CT molecular complexity index is 999. The van der Waals surface area contributed by atoms with Crippen LogP contribution in [0.1, 0.15) is 12.5 Å². The van der Waals surface area contributed by atoms with Crippen molar-refractivity contribution >= 4 is 22.4 Å². The van der Waals surface area contributed by atoms with Crippen molar-refractivity contribution in [2.45, 2.75) is 13.2 Å². The first-order valence-corrected chi connectivity index (χ1v) is 8.69. The van der Waals surface area contributed by atoms with E-state index in [0.717, 1.165) is 16.6 Å². The number of hydrogen-bond donors (Lipinski definition) is 2. The topological polar surface area (TPSA) is 85.7 Å². The van der Waals surface area contributed by atoms with Crippen LogP contribution in [-0.4, -0.2) is 41.7 Å². The van der Waals surface area contributed by atoms with Gasteiger partial charge in [-0.3, -0.25) is 0 Å². The highest BCUT2D eigenvalue weighted by molar-refractivity contribution is 5.93. The van der Waals surface area contributed by atoms with Gasteiger partial charge in [0.15, 0.2) is 17.8 Å². The van der Waals surface area contributed by atoms with Crippen LogP contribution in [-0.2, 0) is 4.74 Å². The second kappa shape index (κ2) is 9.04. The molecule has 3 rings (SSSR count). The maximum atomic E-state index is 9.61. The molecule has 0 aliphatic carbocycles. The largest absolute Gasteiger partial charge is 0.487 e. The van der Waals surface area contributed by atoms with Gasteiger partial charge in [0.05, 0.1) is 12.1 Å². The van der Waals surface area contributed by atoms with E-state index in [4.69, 9.17) is 20.6 Å². The van der Waals surface area contributed by atoms with Crippen molar-refractivity contribution in [3.05, 3.63) is 48.3 Å². The van der Waals surface area contributed by atoms with Crippen molar-refractivity contribution < 1.29 is 19.3 Å². The van der Waals surface area contributed by atoms with Crippen molar-refractivity contribution in [2.75, 3.05) is 25.6 Å². The Hall–Kier alpha value is -3.34. The highest BCUT2D eigenvalue weighted by Gasteiger charge is 2.14. The van der Waals surface area contributed by atoms with Crippen molar-refractivity contribution in [1.82, 2.24) is 9.97 Å². The molecule has 1 unspecified atom stereocenters. The van der Waals surface area contributed by atoms with Crippen molar-refractivity contribution in [1.29, 1.82) is 0 Å². The number of hydrogen-bond acceptors (Lipinski definition) is 7. The summed E-state index contributed by atoms with van der Waals surface area (Å²) in [5.41, 5.74) is 2.21. The summed E-state index contributed by atoms with van der Waals surface area (Å²) in [6.45, 7) is 2.27. The van der Waals surface area contributed by atoms with E-state index in [2.05, 4.69) is 21.2 Å². The first-order chi connectivity index (χ1) is 13.6. The summed E-state index contributed by atoms with van der Waals surface area (Å²) in [7, 11) is 1.59. The second-order valence-corrected chi connectivity index (χ2v) is 5.95. The number of nitrogens with zero attached hydrogens (tertiary/aromatic N) is 2. The van der Waals surface area contributed by atoms with E-state index in [-0.39, 0.29) is 0 Å². The molecule has 2 aromatic carbocycles. The monoisotopic (exact) mass is 379 g/mol. The Kier molecular flexibility index (Phi) is 6.27. The fourth-order valence-corrected chi connectivity index (χ4v) is 2.61. The first kappa shape index (κ1) is 19.4. The molecule has 0 aliphatic rings. The van der Waals surface area contributed by atoms with Crippen molar-refractivity contribution in [3.8, 4) is 23.8 Å². The second-order valence-electron chi connectivity index (χ2n) is 5.95. The molecule has 0 amide bonds. The van der Waals surface area contributed by atoms with Crippen molar-refractivity contribution in [2.24, 2.45) is 0 Å². The van der Waals surface area contributed by atoms with E-state index in [1.165, 1.54) is 13.3 Å². The number of rotatable bonds is 8. The fraction of sp³-hybridized carbons (Fsp3) is 0.238. The van der Waals surface area contributed by atoms with Crippen molar-refractivity contribution in [3.63, 3.8) is 0 Å². The number of benzene rings is 2. The maximum absolute atomic E-state index is 9.61. The van der Waals surface area contributed by atoms with Crippen LogP contribution in [0.15, 0.2) is 42.7 Å². The Labute approximate surface area is 163 Å². The minimum atomic E-state index is -0.992. The molecule has 2 N–H and O–H groups in total. The van der Waals surface area contributed by atoms with Gasteiger partial charge in [-0.25, -0.2) is 9.97 Å². The minimum absolute atomic E-state index is 0.332. The Morgan fingerprint density at radius 2 is 2.04 bits per heavy atom. The average Bonchev–Trinajstić information content (AvgIpc) is 2.68. The number of fused-ring (bicyclic) bond motifs is 1. The van der Waals surface area contributed by atoms with E-state index in [1.54, 1.807) is 19.2 Å². The van der Waals surface area contributed by atoms with Crippen LogP contribution in [0.4, 0.5) is 11.5 Å². The SMILES string of the molecule is C#Cc1cccc(Nc2ncnc3cc(OC(C)O)c(OCCOC)cc23)c1. The van der Waals surface area contributed by atoms with Gasteiger partial charge in [0, 0.05) is 29.8 Å². The van der Waals surface area contributed by atoms with Gasteiger partial charge >= 0.3 is 0 Å². The van der Waals surface area contributed by atoms with Crippen LogP contribution in [0, 0.1) is 12.3 Å². The zero-order valence-corrected chi connectivity index (χ0v) is 15.7. The number of aliphatic hydroxyl groups is 1. The standard InChI is InChI=1S/C21H21N3O4/c1-4-15-6-5-7-16(10-15)24-21-17-11-19(27-9-8-26-3)20(28-14(2)25)12-18(17)22-13-23-21/h1,5-7,10-14,25H,8-9H2,2-3H3,(H,22,23,24). The number of aliphatic hydroxyl groups excluding tert-OH is 1. The van der Waals surface area contributed by atoms with Crippen LogP contribution in [0.3, 0.4) is 0 Å². The Balaban J connectivity index is 2.01. The average molecular weight is 379 g/mol. The van der Waals surface area contributed by atoms with E-state index >= 15 is 0 Å². The number of terminal acetylenes is 1. The zero-order chi connectivity index (χ0) is 19.9. The summed E-state index contributed by atoms with van der Waals surface area (Å²) in [5.74, 6) is 4.05. The fourth-order valence-electron chi connectivity index (χ4n) is 2.61. The highest BCUT2D eigenvalue weighted by Crippen LogP contribution is 2.35. The summed E-state index contributed by atoms with van der Waals surface area (Å²) < 4.78 is 16.2. The molecule has 1 atom stereocenters. The van der Waals surface area contributed by atoms with Gasteiger partial charge in [0.1, 0.15) is 18.8 Å². The number of anilines is 2. The van der Waals surface area contributed by atoms with Crippen LogP contribution in [0.25, 0.3) is 10.9 Å². The molecule has 1 aromatic heterocycles. The minimum Gasteiger partial charge on any atom is -0.487 e. The lowest BCUT2D eigenvalue weighted by Gasteiger charge is -2.16. The molecule has 0 radical (unpaired) electrons. The molecule has 3 aromatic rings. The molecule has 0 saturated carbocycles. The number of nitrogens with one attached hydrogen (secondary N) is 1. The molecule has 0 spiro atoms. The number of methoxy groups -OCH3 is 1. The summed E-state index contributed by atoms with van der Waals surface area (Å²) >= 11 is 0. The van der Waals surface area contributed by atoms with Gasteiger partial charge < -0.3 is 24.6 Å². The van der Waals surface area contributed by atoms with E-state index in [1.807, 2.05) is 24.3 Å². The molecule has 7 nitrogen and oxygen atoms in total. The van der Waals surface area contributed by atoms with E-state index < -0.39 is 6.29 Å². The van der Waals surface area contributed by atoms with E-state index in [9.17, 15) is 5.11 Å². The molecule has 0 saturated heterocycles. The molecule has 0 aliphatic heterocycles. The van der Waals surface area contributed by atoms with Gasteiger partial charge in [-0.2, -0.15) is 0 Å². The third kappa shape index (κ3) is 4.68. The molecule has 144 valence electrons. The lowest BCUT2D eigenvalue weighted by molar-refractivity contribution is -0.00273. The summed E-state index contributed by atoms with van der Waals surface area (Å²) in [6, 6.07) is 11.0. The molecule has 7 heteroatoms. The zero-order valence-electron chi connectivity index (χ0n) is 15.7. The van der Waals surface area contributed by atoms with E-state index in [0.29, 0.717) is 36.0 Å². The third-order valence-electron chi connectivity index (χ3n) is 3.84. The predicted molar refractivity (Wildman–Crippen MR) is 107 cm³/mol.